The molecule has 0 bridgehead atoms. The average Bonchev–Trinajstić information content (AvgIpc) is 3.42. The lowest BCUT2D eigenvalue weighted by molar-refractivity contribution is 0.472. The molecule has 0 unspecified atom stereocenters. The number of hydrogen-bond donors (Lipinski definition) is 2. The maximum absolute atomic E-state index is 10.8. The minimum Gasteiger partial charge on any atom is -0.506 e. The van der Waals surface area contributed by atoms with Crippen LogP contribution in [0, 0.1) is 13.8 Å². The van der Waals surface area contributed by atoms with Crippen LogP contribution in [-0.4, -0.2) is 32.9 Å². The van der Waals surface area contributed by atoms with Gasteiger partial charge >= 0.3 is 0 Å². The molecular formula is C30H32ClN5OS. The molecule has 0 aliphatic carbocycles. The predicted octanol–water partition coefficient (Wildman–Crippen LogP) is 6.87. The molecule has 1 saturated heterocycles. The van der Waals surface area contributed by atoms with Gasteiger partial charge in [-0.3, -0.25) is 4.98 Å². The minimum atomic E-state index is -0.253. The highest BCUT2D eigenvalue weighted by atomic mass is 35.5. The number of rotatable bonds is 7. The Balaban J connectivity index is 1.64. The first kappa shape index (κ1) is 26.1. The van der Waals surface area contributed by atoms with Gasteiger partial charge in [0.25, 0.3) is 0 Å². The number of anilines is 2. The average molecular weight is 546 g/mol. The standard InChI is InChI=1S/C30H32ClN5OS/c1-5-34(6-2)22-11-13-23(14-12-22)35-19(3)17-24(20(35)4)29-28(25-9-7-8-16-32-25)33-30(38)36(29)26-18-21(31)10-15-27(26)37/h7-18,28-29,37H,5-6H2,1-4H3,(H,33,38)/t28-,29-/m1/s1. The molecule has 38 heavy (non-hydrogen) atoms. The van der Waals surface area contributed by atoms with Crippen LogP contribution in [-0.2, 0) is 0 Å². The summed E-state index contributed by atoms with van der Waals surface area (Å²) in [4.78, 5) is 8.95. The summed E-state index contributed by atoms with van der Waals surface area (Å²) < 4.78 is 2.27. The Labute approximate surface area is 234 Å². The van der Waals surface area contributed by atoms with Gasteiger partial charge in [-0.1, -0.05) is 17.7 Å². The van der Waals surface area contributed by atoms with E-state index in [1.54, 1.807) is 24.4 Å². The van der Waals surface area contributed by atoms with Crippen molar-refractivity contribution in [2.45, 2.75) is 39.8 Å². The van der Waals surface area contributed by atoms with Gasteiger partial charge in [0, 0.05) is 47.1 Å². The van der Waals surface area contributed by atoms with Crippen molar-refractivity contribution in [2.24, 2.45) is 0 Å². The molecule has 1 fully saturated rings. The smallest absolute Gasteiger partial charge is 0.174 e. The lowest BCUT2D eigenvalue weighted by atomic mass is 9.96. The van der Waals surface area contributed by atoms with Crippen LogP contribution < -0.4 is 15.1 Å². The molecule has 2 N–H and O–H groups in total. The normalized spacial score (nSPS) is 17.1. The monoisotopic (exact) mass is 545 g/mol. The topological polar surface area (TPSA) is 56.6 Å². The summed E-state index contributed by atoms with van der Waals surface area (Å²) in [6.45, 7) is 10.5. The molecule has 1 aliphatic heterocycles. The summed E-state index contributed by atoms with van der Waals surface area (Å²) in [6, 6.07) is 21.3. The van der Waals surface area contributed by atoms with E-state index in [0.717, 1.165) is 41.4 Å². The number of phenolic OH excluding ortho intramolecular Hbond substituents is 1. The number of thiocarbonyl (C=S) groups is 1. The number of hydrogen-bond acceptors (Lipinski definition) is 4. The van der Waals surface area contributed by atoms with E-state index >= 15 is 0 Å². The highest BCUT2D eigenvalue weighted by Crippen LogP contribution is 2.46. The zero-order valence-electron chi connectivity index (χ0n) is 22.0. The third kappa shape index (κ3) is 4.61. The molecule has 2 atom stereocenters. The van der Waals surface area contributed by atoms with Gasteiger partial charge in [0.15, 0.2) is 5.11 Å². The molecule has 196 valence electrons. The van der Waals surface area contributed by atoms with E-state index < -0.39 is 0 Å². The zero-order valence-corrected chi connectivity index (χ0v) is 23.6. The van der Waals surface area contributed by atoms with Gasteiger partial charge in [-0.25, -0.2) is 0 Å². The van der Waals surface area contributed by atoms with Crippen LogP contribution in [0.4, 0.5) is 11.4 Å². The van der Waals surface area contributed by atoms with E-state index in [-0.39, 0.29) is 17.8 Å². The van der Waals surface area contributed by atoms with Crippen LogP contribution >= 0.6 is 23.8 Å². The zero-order chi connectivity index (χ0) is 27.0. The molecule has 0 saturated carbocycles. The van der Waals surface area contributed by atoms with Crippen molar-refractivity contribution in [3.8, 4) is 11.4 Å². The summed E-state index contributed by atoms with van der Waals surface area (Å²) in [7, 11) is 0. The number of halogens is 1. The SMILES string of the molecule is CCN(CC)c1ccc(-n2c(C)cc([C@@H]3[C@@H](c4ccccn4)NC(=S)N3c3cc(Cl)ccc3O)c2C)cc1. The summed E-state index contributed by atoms with van der Waals surface area (Å²) in [5, 5.41) is 15.3. The van der Waals surface area contributed by atoms with Crippen molar-refractivity contribution < 1.29 is 5.11 Å². The first-order chi connectivity index (χ1) is 18.3. The van der Waals surface area contributed by atoms with Crippen LogP contribution in [0.2, 0.25) is 5.02 Å². The predicted molar refractivity (Wildman–Crippen MR) is 160 cm³/mol. The molecule has 2 aromatic carbocycles. The van der Waals surface area contributed by atoms with Gasteiger partial charge in [0.2, 0.25) is 0 Å². The van der Waals surface area contributed by atoms with Crippen molar-refractivity contribution in [3.63, 3.8) is 0 Å². The second kappa shape index (κ2) is 10.7. The fraction of sp³-hybridized carbons (Fsp3) is 0.267. The maximum atomic E-state index is 10.8. The van der Waals surface area contributed by atoms with Gasteiger partial charge < -0.3 is 24.8 Å². The Bertz CT molecular complexity index is 1450. The largest absolute Gasteiger partial charge is 0.506 e. The number of nitrogens with one attached hydrogen (secondary N) is 1. The van der Waals surface area contributed by atoms with Crippen LogP contribution in [0.25, 0.3) is 5.69 Å². The number of aromatic hydroxyl groups is 1. The van der Waals surface area contributed by atoms with Crippen molar-refractivity contribution in [1.29, 1.82) is 0 Å². The Kier molecular flexibility index (Phi) is 7.32. The molecular weight excluding hydrogens is 514 g/mol. The van der Waals surface area contributed by atoms with Gasteiger partial charge in [-0.05, 0) is 106 Å². The molecule has 0 radical (unpaired) electrons. The van der Waals surface area contributed by atoms with Crippen molar-refractivity contribution in [2.75, 3.05) is 22.9 Å². The van der Waals surface area contributed by atoms with E-state index in [1.807, 2.05) is 23.1 Å². The van der Waals surface area contributed by atoms with E-state index in [4.69, 9.17) is 23.8 Å². The van der Waals surface area contributed by atoms with Crippen LogP contribution in [0.1, 0.15) is 48.6 Å². The third-order valence-corrected chi connectivity index (χ3v) is 7.87. The summed E-state index contributed by atoms with van der Waals surface area (Å²) in [6.07, 6.45) is 1.79. The van der Waals surface area contributed by atoms with Crippen LogP contribution in [0.5, 0.6) is 5.75 Å². The molecule has 3 heterocycles. The molecule has 8 heteroatoms. The molecule has 1 aliphatic rings. The summed E-state index contributed by atoms with van der Waals surface area (Å²) in [5.41, 5.74) is 7.05. The van der Waals surface area contributed by atoms with E-state index in [0.29, 0.717) is 15.8 Å². The molecule has 5 rings (SSSR count). The van der Waals surface area contributed by atoms with Crippen molar-refractivity contribution in [3.05, 3.63) is 101 Å². The highest BCUT2D eigenvalue weighted by molar-refractivity contribution is 7.80. The van der Waals surface area contributed by atoms with Crippen molar-refractivity contribution in [1.82, 2.24) is 14.9 Å². The molecule has 0 amide bonds. The minimum absolute atomic E-state index is 0.117. The fourth-order valence-corrected chi connectivity index (χ4v) is 6.01. The Hall–Kier alpha value is -3.55. The maximum Gasteiger partial charge on any atom is 0.174 e. The number of aryl methyl sites for hydroxylation is 1. The van der Waals surface area contributed by atoms with Gasteiger partial charge in [0.1, 0.15) is 5.75 Å². The van der Waals surface area contributed by atoms with Crippen LogP contribution in [0.3, 0.4) is 0 Å². The quantitative estimate of drug-likeness (QED) is 0.247. The van der Waals surface area contributed by atoms with E-state index in [9.17, 15) is 5.11 Å². The first-order valence-electron chi connectivity index (χ1n) is 12.9. The molecule has 0 spiro atoms. The van der Waals surface area contributed by atoms with E-state index in [1.165, 1.54) is 5.69 Å². The van der Waals surface area contributed by atoms with Crippen molar-refractivity contribution >= 4 is 40.3 Å². The number of nitrogens with zero attached hydrogens (tertiary/aromatic N) is 4. The lowest BCUT2D eigenvalue weighted by Crippen LogP contribution is -2.29. The number of benzene rings is 2. The molecule has 4 aromatic rings. The highest BCUT2D eigenvalue weighted by Gasteiger charge is 2.43. The third-order valence-electron chi connectivity index (χ3n) is 7.32. The van der Waals surface area contributed by atoms with E-state index in [2.05, 4.69) is 77.8 Å². The Morgan fingerprint density at radius 1 is 1.03 bits per heavy atom. The summed E-state index contributed by atoms with van der Waals surface area (Å²) >= 11 is 12.2. The summed E-state index contributed by atoms with van der Waals surface area (Å²) in [5.74, 6) is 0.117. The van der Waals surface area contributed by atoms with Gasteiger partial charge in [-0.15, -0.1) is 0 Å². The Morgan fingerprint density at radius 2 is 1.76 bits per heavy atom. The number of phenols is 1. The lowest BCUT2D eigenvalue weighted by Gasteiger charge is -2.29. The first-order valence-corrected chi connectivity index (χ1v) is 13.7. The molecule has 2 aromatic heterocycles. The van der Waals surface area contributed by atoms with Gasteiger partial charge in [0.05, 0.1) is 23.5 Å². The number of aromatic nitrogens is 2. The second-order valence-electron chi connectivity index (χ2n) is 9.48. The fourth-order valence-electron chi connectivity index (χ4n) is 5.51. The molecule has 6 nitrogen and oxygen atoms in total. The van der Waals surface area contributed by atoms with Gasteiger partial charge in [-0.2, -0.15) is 0 Å². The van der Waals surface area contributed by atoms with Crippen LogP contribution in [0.15, 0.2) is 72.9 Å². The second-order valence-corrected chi connectivity index (χ2v) is 10.3. The Morgan fingerprint density at radius 3 is 2.42 bits per heavy atom. The number of pyridine rings is 1.